The summed E-state index contributed by atoms with van der Waals surface area (Å²) >= 11 is 0. The molecule has 1 amide bonds. The van der Waals surface area contributed by atoms with Gasteiger partial charge in [0.15, 0.2) is 11.9 Å². The second kappa shape index (κ2) is 5.57. The van der Waals surface area contributed by atoms with Crippen molar-refractivity contribution >= 4 is 17.1 Å². The summed E-state index contributed by atoms with van der Waals surface area (Å²) < 4.78 is 6.85. The van der Waals surface area contributed by atoms with E-state index in [2.05, 4.69) is 15.0 Å². The molecule has 10 heteroatoms. The van der Waals surface area contributed by atoms with E-state index in [1.807, 2.05) is 0 Å². The summed E-state index contributed by atoms with van der Waals surface area (Å²) in [4.78, 5) is 23.2. The standard InChI is InChI=1S/C12H15N5O5/c13-7(19)1-8-14-2-5-11(16-8)17(4-15-5)12-10(21)9(20)6(3-18)22-12/h2,4,6,9-10,12,18,20-21H,1,3H2,(H2,13,19). The number of carbonyl (C=O) groups excluding carboxylic acids is 1. The van der Waals surface area contributed by atoms with Crippen LogP contribution in [0.1, 0.15) is 12.1 Å². The van der Waals surface area contributed by atoms with E-state index in [1.54, 1.807) is 0 Å². The Morgan fingerprint density at radius 3 is 2.77 bits per heavy atom. The average Bonchev–Trinajstić information content (AvgIpc) is 3.01. The number of ether oxygens (including phenoxy) is 1. The minimum absolute atomic E-state index is 0.128. The minimum atomic E-state index is -1.25. The van der Waals surface area contributed by atoms with Gasteiger partial charge in [-0.05, 0) is 0 Å². The molecule has 4 unspecified atom stereocenters. The van der Waals surface area contributed by atoms with E-state index in [9.17, 15) is 15.0 Å². The van der Waals surface area contributed by atoms with E-state index in [-0.39, 0.29) is 12.2 Å². The van der Waals surface area contributed by atoms with Crippen molar-refractivity contribution < 1.29 is 24.9 Å². The van der Waals surface area contributed by atoms with Gasteiger partial charge in [-0.2, -0.15) is 0 Å². The number of hydrogen-bond donors (Lipinski definition) is 4. The molecule has 22 heavy (non-hydrogen) atoms. The predicted octanol–water partition coefficient (Wildman–Crippen LogP) is -2.53. The lowest BCUT2D eigenvalue weighted by molar-refractivity contribution is -0.117. The summed E-state index contributed by atoms with van der Waals surface area (Å²) in [6.07, 6.45) is -1.63. The number of nitrogens with zero attached hydrogens (tertiary/aromatic N) is 4. The monoisotopic (exact) mass is 309 g/mol. The molecule has 0 spiro atoms. The van der Waals surface area contributed by atoms with Gasteiger partial charge in [0, 0.05) is 0 Å². The van der Waals surface area contributed by atoms with Gasteiger partial charge in [0.1, 0.15) is 29.7 Å². The van der Waals surface area contributed by atoms with Crippen LogP contribution in [0, 0.1) is 0 Å². The van der Waals surface area contributed by atoms with Gasteiger partial charge in [-0.15, -0.1) is 0 Å². The van der Waals surface area contributed by atoms with Crippen LogP contribution in [0.25, 0.3) is 11.2 Å². The van der Waals surface area contributed by atoms with Crippen molar-refractivity contribution in [3.63, 3.8) is 0 Å². The predicted molar refractivity (Wildman–Crippen MR) is 71.2 cm³/mol. The molecule has 0 aliphatic carbocycles. The van der Waals surface area contributed by atoms with E-state index in [1.165, 1.54) is 17.1 Å². The lowest BCUT2D eigenvalue weighted by atomic mass is 10.1. The molecule has 5 N–H and O–H groups in total. The molecule has 4 atom stereocenters. The van der Waals surface area contributed by atoms with Gasteiger partial charge >= 0.3 is 0 Å². The van der Waals surface area contributed by atoms with E-state index < -0.39 is 37.1 Å². The number of aromatic nitrogens is 4. The molecule has 1 saturated heterocycles. The zero-order valence-corrected chi connectivity index (χ0v) is 11.4. The Bertz CT molecular complexity index is 704. The van der Waals surface area contributed by atoms with Crippen molar-refractivity contribution in [1.29, 1.82) is 0 Å². The number of primary amides is 1. The highest BCUT2D eigenvalue weighted by atomic mass is 16.6. The maximum absolute atomic E-state index is 11.0. The first-order valence-electron chi connectivity index (χ1n) is 6.60. The zero-order valence-electron chi connectivity index (χ0n) is 11.4. The van der Waals surface area contributed by atoms with Crippen LogP contribution in [0.15, 0.2) is 12.5 Å². The molecule has 0 aromatic carbocycles. The summed E-state index contributed by atoms with van der Waals surface area (Å²) in [5.74, 6) is -0.355. The minimum Gasteiger partial charge on any atom is -0.394 e. The third kappa shape index (κ3) is 2.41. The molecule has 1 aliphatic rings. The molecule has 0 bridgehead atoms. The maximum atomic E-state index is 11.0. The van der Waals surface area contributed by atoms with Crippen LogP contribution in [0.2, 0.25) is 0 Å². The Morgan fingerprint density at radius 2 is 2.14 bits per heavy atom. The summed E-state index contributed by atoms with van der Waals surface area (Å²) in [5, 5.41) is 29.0. The van der Waals surface area contributed by atoms with Crippen LogP contribution < -0.4 is 5.73 Å². The van der Waals surface area contributed by atoms with Crippen LogP contribution in [0.4, 0.5) is 0 Å². The van der Waals surface area contributed by atoms with Gasteiger partial charge in [-0.3, -0.25) is 9.36 Å². The lowest BCUT2D eigenvalue weighted by Gasteiger charge is -2.16. The second-order valence-corrected chi connectivity index (χ2v) is 5.02. The number of aliphatic hydroxyl groups excluding tert-OH is 3. The molecule has 0 saturated carbocycles. The van der Waals surface area contributed by atoms with Crippen molar-refractivity contribution in [2.24, 2.45) is 5.73 Å². The van der Waals surface area contributed by atoms with Gasteiger partial charge in [-0.25, -0.2) is 15.0 Å². The normalized spacial score (nSPS) is 28.3. The molecule has 118 valence electrons. The zero-order chi connectivity index (χ0) is 15.9. The van der Waals surface area contributed by atoms with Crippen molar-refractivity contribution in [3.05, 3.63) is 18.3 Å². The molecule has 2 aromatic rings. The summed E-state index contributed by atoms with van der Waals surface area (Å²) in [6.45, 7) is -0.427. The molecule has 1 aliphatic heterocycles. The summed E-state index contributed by atoms with van der Waals surface area (Å²) in [7, 11) is 0. The fourth-order valence-electron chi connectivity index (χ4n) is 2.40. The van der Waals surface area contributed by atoms with Crippen LogP contribution in [0.3, 0.4) is 0 Å². The van der Waals surface area contributed by atoms with Crippen LogP contribution in [0.5, 0.6) is 0 Å². The van der Waals surface area contributed by atoms with Gasteiger partial charge in [0.25, 0.3) is 0 Å². The number of nitrogens with two attached hydrogens (primary N) is 1. The quantitative estimate of drug-likeness (QED) is 0.481. The largest absolute Gasteiger partial charge is 0.394 e. The van der Waals surface area contributed by atoms with Crippen molar-refractivity contribution in [1.82, 2.24) is 19.5 Å². The van der Waals surface area contributed by atoms with Crippen molar-refractivity contribution in [3.8, 4) is 0 Å². The number of hydrogen-bond acceptors (Lipinski definition) is 8. The number of fused-ring (bicyclic) bond motifs is 1. The smallest absolute Gasteiger partial charge is 0.225 e. The van der Waals surface area contributed by atoms with Crippen LogP contribution in [-0.4, -0.2) is 65.7 Å². The topological polar surface area (TPSA) is 157 Å². The first-order valence-corrected chi connectivity index (χ1v) is 6.60. The van der Waals surface area contributed by atoms with E-state index in [0.29, 0.717) is 11.2 Å². The Hall–Kier alpha value is -2.14. The molecule has 3 rings (SSSR count). The Morgan fingerprint density at radius 1 is 1.36 bits per heavy atom. The first kappa shape index (κ1) is 14.8. The Labute approximate surface area is 124 Å². The van der Waals surface area contributed by atoms with Gasteiger partial charge in [0.05, 0.1) is 25.6 Å². The number of carbonyl (C=O) groups is 1. The number of aliphatic hydroxyl groups is 3. The molecular weight excluding hydrogens is 294 g/mol. The molecule has 10 nitrogen and oxygen atoms in total. The lowest BCUT2D eigenvalue weighted by Crippen LogP contribution is -2.33. The average molecular weight is 309 g/mol. The maximum Gasteiger partial charge on any atom is 0.225 e. The highest BCUT2D eigenvalue weighted by molar-refractivity contribution is 5.76. The highest BCUT2D eigenvalue weighted by Crippen LogP contribution is 2.31. The SMILES string of the molecule is NC(=O)Cc1ncc2ncn(C3OC(CO)C(O)C3O)c2n1. The van der Waals surface area contributed by atoms with Crippen molar-refractivity contribution in [2.75, 3.05) is 6.61 Å². The van der Waals surface area contributed by atoms with Crippen LogP contribution in [-0.2, 0) is 16.0 Å². The Balaban J connectivity index is 1.98. The van der Waals surface area contributed by atoms with Crippen molar-refractivity contribution in [2.45, 2.75) is 31.0 Å². The summed E-state index contributed by atoms with van der Waals surface area (Å²) in [5.41, 5.74) is 5.88. The van der Waals surface area contributed by atoms with Crippen LogP contribution >= 0.6 is 0 Å². The third-order valence-corrected chi connectivity index (χ3v) is 3.49. The summed E-state index contributed by atoms with van der Waals surface area (Å²) in [6, 6.07) is 0. The fourth-order valence-corrected chi connectivity index (χ4v) is 2.40. The Kier molecular flexibility index (Phi) is 3.74. The number of amides is 1. The first-order chi connectivity index (χ1) is 10.5. The van der Waals surface area contributed by atoms with E-state index in [0.717, 1.165) is 0 Å². The molecule has 2 aromatic heterocycles. The number of imidazole rings is 1. The number of rotatable bonds is 4. The molecule has 1 fully saturated rings. The van der Waals surface area contributed by atoms with E-state index >= 15 is 0 Å². The molecule has 0 radical (unpaired) electrons. The second-order valence-electron chi connectivity index (χ2n) is 5.02. The fraction of sp³-hybridized carbons (Fsp3) is 0.500. The van der Waals surface area contributed by atoms with Gasteiger partial charge < -0.3 is 25.8 Å². The molecule has 3 heterocycles. The highest BCUT2D eigenvalue weighted by Gasteiger charge is 2.43. The molecular formula is C12H15N5O5. The third-order valence-electron chi connectivity index (χ3n) is 3.49. The van der Waals surface area contributed by atoms with Gasteiger partial charge in [0.2, 0.25) is 5.91 Å². The van der Waals surface area contributed by atoms with E-state index in [4.69, 9.17) is 15.6 Å². The van der Waals surface area contributed by atoms with Gasteiger partial charge in [-0.1, -0.05) is 0 Å².